The van der Waals surface area contributed by atoms with Gasteiger partial charge in [0, 0.05) is 29.9 Å². The van der Waals surface area contributed by atoms with E-state index in [-0.39, 0.29) is 24.5 Å². The van der Waals surface area contributed by atoms with Crippen molar-refractivity contribution in [3.63, 3.8) is 0 Å². The third-order valence-corrected chi connectivity index (χ3v) is 4.47. The molecule has 1 fully saturated rings. The first-order chi connectivity index (χ1) is 13.6. The zero-order valence-electron chi connectivity index (χ0n) is 15.9. The van der Waals surface area contributed by atoms with Crippen LogP contribution in [0.3, 0.4) is 0 Å². The lowest BCUT2D eigenvalue weighted by Gasteiger charge is -2.23. The minimum Gasteiger partial charge on any atom is -0.497 e. The highest BCUT2D eigenvalue weighted by Crippen LogP contribution is 2.17. The number of anilines is 1. The molecule has 7 nitrogen and oxygen atoms in total. The predicted octanol–water partition coefficient (Wildman–Crippen LogP) is 2.19. The Hall–Kier alpha value is -3.06. The number of rotatable bonds is 7. The first kappa shape index (κ1) is 19.7. The zero-order valence-corrected chi connectivity index (χ0v) is 15.9. The molecule has 0 aliphatic carbocycles. The fourth-order valence-corrected chi connectivity index (χ4v) is 2.99. The third-order valence-electron chi connectivity index (χ3n) is 4.47. The Bertz CT molecular complexity index is 802. The normalized spacial score (nSPS) is 16.1. The smallest absolute Gasteiger partial charge is 0.262 e. The van der Waals surface area contributed by atoms with Crippen molar-refractivity contribution in [2.75, 3.05) is 32.1 Å². The van der Waals surface area contributed by atoms with Crippen LogP contribution in [0.25, 0.3) is 0 Å². The Balaban J connectivity index is 1.47. The van der Waals surface area contributed by atoms with Crippen LogP contribution >= 0.6 is 0 Å². The lowest BCUT2D eigenvalue weighted by atomic mass is 10.1. The summed E-state index contributed by atoms with van der Waals surface area (Å²) in [6, 6.07) is 14.0. The van der Waals surface area contributed by atoms with Crippen LogP contribution in [0.5, 0.6) is 11.5 Å². The summed E-state index contributed by atoms with van der Waals surface area (Å²) in [7, 11) is 1.57. The minimum absolute atomic E-state index is 0.101. The van der Waals surface area contributed by atoms with E-state index in [1.54, 1.807) is 55.6 Å². The van der Waals surface area contributed by atoms with Gasteiger partial charge in [-0.1, -0.05) is 6.07 Å². The number of hydrogen-bond acceptors (Lipinski definition) is 5. The molecule has 7 heteroatoms. The van der Waals surface area contributed by atoms with E-state index in [4.69, 9.17) is 9.47 Å². The summed E-state index contributed by atoms with van der Waals surface area (Å²) in [5, 5.41) is 9.05. The molecule has 1 aliphatic rings. The van der Waals surface area contributed by atoms with Gasteiger partial charge in [0.15, 0.2) is 6.61 Å². The Kier molecular flexibility index (Phi) is 6.86. The van der Waals surface area contributed by atoms with Gasteiger partial charge in [0.2, 0.25) is 0 Å². The third kappa shape index (κ3) is 5.72. The van der Waals surface area contributed by atoms with E-state index >= 15 is 0 Å². The van der Waals surface area contributed by atoms with E-state index in [0.29, 0.717) is 22.7 Å². The molecule has 1 atom stereocenters. The first-order valence-corrected chi connectivity index (χ1v) is 9.32. The van der Waals surface area contributed by atoms with E-state index in [0.717, 1.165) is 25.9 Å². The average molecular weight is 383 g/mol. The number of amides is 2. The van der Waals surface area contributed by atoms with Gasteiger partial charge < -0.3 is 25.4 Å². The van der Waals surface area contributed by atoms with Gasteiger partial charge in [-0.3, -0.25) is 9.59 Å². The molecule has 1 unspecified atom stereocenters. The van der Waals surface area contributed by atoms with E-state index in [2.05, 4.69) is 16.0 Å². The highest BCUT2D eigenvalue weighted by atomic mass is 16.5. The highest BCUT2D eigenvalue weighted by Gasteiger charge is 2.16. The van der Waals surface area contributed by atoms with Gasteiger partial charge in [-0.25, -0.2) is 0 Å². The van der Waals surface area contributed by atoms with Crippen LogP contribution in [-0.2, 0) is 4.79 Å². The standard InChI is InChI=1S/C21H25N3O4/c1-27-19-6-2-4-16(12-19)23-20(25)14-28-18-9-7-15(8-10-18)21(26)24-17-5-3-11-22-13-17/h2,4,6-10,12,17,22H,3,5,11,13-14H2,1H3,(H,23,25)(H,24,26). The molecule has 0 saturated carbocycles. The number of ether oxygens (including phenoxy) is 2. The lowest BCUT2D eigenvalue weighted by Crippen LogP contribution is -2.45. The van der Waals surface area contributed by atoms with Gasteiger partial charge >= 0.3 is 0 Å². The molecule has 2 aromatic rings. The molecule has 3 N–H and O–H groups in total. The van der Waals surface area contributed by atoms with Crippen molar-refractivity contribution in [3.8, 4) is 11.5 Å². The summed E-state index contributed by atoms with van der Waals surface area (Å²) in [6.07, 6.45) is 2.05. The maximum atomic E-state index is 12.3. The molecule has 1 saturated heterocycles. The summed E-state index contributed by atoms with van der Waals surface area (Å²) in [6.45, 7) is 1.68. The van der Waals surface area contributed by atoms with Crippen molar-refractivity contribution in [1.29, 1.82) is 0 Å². The second kappa shape index (κ2) is 9.75. The molecule has 0 aromatic heterocycles. The molecule has 0 bridgehead atoms. The summed E-state index contributed by atoms with van der Waals surface area (Å²) in [5.41, 5.74) is 1.20. The van der Waals surface area contributed by atoms with Crippen LogP contribution in [0.4, 0.5) is 5.69 Å². The Morgan fingerprint density at radius 1 is 1.14 bits per heavy atom. The van der Waals surface area contributed by atoms with Gasteiger partial charge in [-0.15, -0.1) is 0 Å². The van der Waals surface area contributed by atoms with Crippen LogP contribution in [0.15, 0.2) is 48.5 Å². The first-order valence-electron chi connectivity index (χ1n) is 9.32. The quantitative estimate of drug-likeness (QED) is 0.682. The van der Waals surface area contributed by atoms with Gasteiger partial charge in [0.1, 0.15) is 11.5 Å². The molecule has 1 aliphatic heterocycles. The van der Waals surface area contributed by atoms with Crippen molar-refractivity contribution in [3.05, 3.63) is 54.1 Å². The fraction of sp³-hybridized carbons (Fsp3) is 0.333. The van der Waals surface area contributed by atoms with E-state index < -0.39 is 0 Å². The SMILES string of the molecule is COc1cccc(NC(=O)COc2ccc(C(=O)NC3CCCNC3)cc2)c1. The molecule has 2 amide bonds. The second-order valence-corrected chi connectivity index (χ2v) is 6.61. The molecule has 1 heterocycles. The molecule has 2 aromatic carbocycles. The van der Waals surface area contributed by atoms with Gasteiger partial charge in [-0.2, -0.15) is 0 Å². The van der Waals surface area contributed by atoms with Gasteiger partial charge in [0.05, 0.1) is 7.11 Å². The monoisotopic (exact) mass is 383 g/mol. The maximum Gasteiger partial charge on any atom is 0.262 e. The number of carbonyl (C=O) groups excluding carboxylic acids is 2. The number of benzene rings is 2. The largest absolute Gasteiger partial charge is 0.497 e. The minimum atomic E-state index is -0.278. The van der Waals surface area contributed by atoms with Crippen molar-refractivity contribution in [2.45, 2.75) is 18.9 Å². The van der Waals surface area contributed by atoms with Crippen LogP contribution in [0.1, 0.15) is 23.2 Å². The van der Waals surface area contributed by atoms with Gasteiger partial charge in [-0.05, 0) is 55.8 Å². The van der Waals surface area contributed by atoms with Crippen molar-refractivity contribution >= 4 is 17.5 Å². The average Bonchev–Trinajstić information content (AvgIpc) is 2.73. The topological polar surface area (TPSA) is 88.7 Å². The van der Waals surface area contributed by atoms with Crippen molar-refractivity contribution in [2.24, 2.45) is 0 Å². The Morgan fingerprint density at radius 2 is 1.96 bits per heavy atom. The lowest BCUT2D eigenvalue weighted by molar-refractivity contribution is -0.118. The molecule has 0 spiro atoms. The number of methoxy groups -OCH3 is 1. The molecule has 28 heavy (non-hydrogen) atoms. The second-order valence-electron chi connectivity index (χ2n) is 6.61. The van der Waals surface area contributed by atoms with Crippen LogP contribution in [0.2, 0.25) is 0 Å². The maximum absolute atomic E-state index is 12.3. The number of nitrogens with one attached hydrogen (secondary N) is 3. The molecule has 3 rings (SSSR count). The predicted molar refractivity (Wildman–Crippen MR) is 107 cm³/mol. The molecule has 0 radical (unpaired) electrons. The van der Waals surface area contributed by atoms with Crippen LogP contribution < -0.4 is 25.4 Å². The Labute approximate surface area is 164 Å². The van der Waals surface area contributed by atoms with Crippen LogP contribution in [-0.4, -0.2) is 44.7 Å². The molecule has 148 valence electrons. The number of piperidine rings is 1. The highest BCUT2D eigenvalue weighted by molar-refractivity contribution is 5.94. The van der Waals surface area contributed by atoms with E-state index in [1.807, 2.05) is 0 Å². The molecular weight excluding hydrogens is 358 g/mol. The van der Waals surface area contributed by atoms with Crippen LogP contribution in [0, 0.1) is 0 Å². The van der Waals surface area contributed by atoms with Gasteiger partial charge in [0.25, 0.3) is 11.8 Å². The van der Waals surface area contributed by atoms with Crippen molar-refractivity contribution < 1.29 is 19.1 Å². The summed E-state index contributed by atoms with van der Waals surface area (Å²) in [4.78, 5) is 24.3. The summed E-state index contributed by atoms with van der Waals surface area (Å²) < 4.78 is 10.6. The zero-order chi connectivity index (χ0) is 19.8. The summed E-state index contributed by atoms with van der Waals surface area (Å²) >= 11 is 0. The number of carbonyl (C=O) groups is 2. The Morgan fingerprint density at radius 3 is 2.68 bits per heavy atom. The summed E-state index contributed by atoms with van der Waals surface area (Å²) in [5.74, 6) is 0.809. The fourth-order valence-electron chi connectivity index (χ4n) is 2.99. The van der Waals surface area contributed by atoms with E-state index in [1.165, 1.54) is 0 Å². The van der Waals surface area contributed by atoms with E-state index in [9.17, 15) is 9.59 Å². The molecular formula is C21H25N3O4. The van der Waals surface area contributed by atoms with Crippen molar-refractivity contribution in [1.82, 2.24) is 10.6 Å². The number of hydrogen-bond donors (Lipinski definition) is 3.